The lowest BCUT2D eigenvalue weighted by molar-refractivity contribution is -0.123. The lowest BCUT2D eigenvalue weighted by atomic mass is 10.1. The van der Waals surface area contributed by atoms with Gasteiger partial charge in [0.15, 0.2) is 6.61 Å². The molecule has 0 atom stereocenters. The number of nitrogens with one attached hydrogen (secondary N) is 1. The number of hydrogen-bond donors (Lipinski definition) is 1. The zero-order valence-corrected chi connectivity index (χ0v) is 17.0. The topological polar surface area (TPSA) is 41.6 Å². The molecule has 0 spiro atoms. The molecule has 0 unspecified atom stereocenters. The van der Waals surface area contributed by atoms with Crippen LogP contribution in [0.1, 0.15) is 43.2 Å². The van der Waals surface area contributed by atoms with Gasteiger partial charge >= 0.3 is 0 Å². The van der Waals surface area contributed by atoms with Gasteiger partial charge in [0, 0.05) is 25.3 Å². The lowest BCUT2D eigenvalue weighted by Gasteiger charge is -2.22. The molecular weight excluding hydrogens is 348 g/mol. The van der Waals surface area contributed by atoms with Gasteiger partial charge in [0.1, 0.15) is 5.75 Å². The standard InChI is InChI=1S/C24H32N2O2/c1-20-9-4-5-11-23(20)28-19-24(27)25-16-8-10-21-12-14-22(15-13-21)26-17-6-2-3-7-18-26/h4-5,9,11-15H,2-3,6-8,10,16-19H2,1H3,(H,25,27). The van der Waals surface area contributed by atoms with Crippen molar-refractivity contribution >= 4 is 11.6 Å². The van der Waals surface area contributed by atoms with Crippen molar-refractivity contribution in [3.05, 3.63) is 59.7 Å². The van der Waals surface area contributed by atoms with Crippen molar-refractivity contribution in [3.8, 4) is 5.75 Å². The highest BCUT2D eigenvalue weighted by Crippen LogP contribution is 2.20. The van der Waals surface area contributed by atoms with Crippen molar-refractivity contribution in [2.45, 2.75) is 45.4 Å². The molecule has 0 bridgehead atoms. The minimum absolute atomic E-state index is 0.0649. The fourth-order valence-corrected chi connectivity index (χ4v) is 3.64. The summed E-state index contributed by atoms with van der Waals surface area (Å²) in [7, 11) is 0. The number of aryl methyl sites for hydroxylation is 2. The number of ether oxygens (including phenoxy) is 1. The van der Waals surface area contributed by atoms with E-state index in [9.17, 15) is 4.79 Å². The molecule has 3 rings (SSSR count). The van der Waals surface area contributed by atoms with E-state index in [0.717, 1.165) is 24.2 Å². The van der Waals surface area contributed by atoms with Crippen molar-refractivity contribution < 1.29 is 9.53 Å². The number of benzene rings is 2. The van der Waals surface area contributed by atoms with Crippen molar-refractivity contribution in [2.24, 2.45) is 0 Å². The molecule has 0 radical (unpaired) electrons. The average Bonchev–Trinajstić information content (AvgIpc) is 3.01. The molecule has 150 valence electrons. The molecule has 1 aliphatic rings. The summed E-state index contributed by atoms with van der Waals surface area (Å²) in [5.74, 6) is 0.696. The van der Waals surface area contributed by atoms with Crippen LogP contribution in [0.5, 0.6) is 5.75 Å². The Bertz CT molecular complexity index is 735. The van der Waals surface area contributed by atoms with Gasteiger partial charge < -0.3 is 15.0 Å². The Morgan fingerprint density at radius 3 is 2.43 bits per heavy atom. The molecule has 2 aromatic rings. The zero-order valence-electron chi connectivity index (χ0n) is 17.0. The first-order valence-electron chi connectivity index (χ1n) is 10.5. The first-order chi connectivity index (χ1) is 13.7. The fraction of sp³-hybridized carbons (Fsp3) is 0.458. The molecule has 0 saturated carbocycles. The SMILES string of the molecule is Cc1ccccc1OCC(=O)NCCCc1ccc(N2CCCCCC2)cc1. The van der Waals surface area contributed by atoms with E-state index in [1.807, 2.05) is 31.2 Å². The second-order valence-corrected chi connectivity index (χ2v) is 7.58. The Labute approximate surface area is 168 Å². The summed E-state index contributed by atoms with van der Waals surface area (Å²) in [4.78, 5) is 14.5. The first-order valence-corrected chi connectivity index (χ1v) is 10.5. The third-order valence-electron chi connectivity index (χ3n) is 5.32. The highest BCUT2D eigenvalue weighted by Gasteiger charge is 2.09. The van der Waals surface area contributed by atoms with Gasteiger partial charge in [0.2, 0.25) is 0 Å². The normalized spacial score (nSPS) is 14.4. The third kappa shape index (κ3) is 6.29. The quantitative estimate of drug-likeness (QED) is 0.686. The average molecular weight is 381 g/mol. The second-order valence-electron chi connectivity index (χ2n) is 7.58. The maximum absolute atomic E-state index is 11.9. The molecule has 1 aliphatic heterocycles. The maximum Gasteiger partial charge on any atom is 0.257 e. The van der Waals surface area contributed by atoms with E-state index in [1.54, 1.807) is 0 Å². The zero-order chi connectivity index (χ0) is 19.6. The Morgan fingerprint density at radius 2 is 1.71 bits per heavy atom. The molecule has 4 nitrogen and oxygen atoms in total. The number of carbonyl (C=O) groups excluding carboxylic acids is 1. The van der Waals surface area contributed by atoms with E-state index in [1.165, 1.54) is 50.0 Å². The second kappa shape index (κ2) is 10.7. The summed E-state index contributed by atoms with van der Waals surface area (Å²) in [5.41, 5.74) is 3.70. The number of amides is 1. The van der Waals surface area contributed by atoms with Crippen LogP contribution in [0.25, 0.3) is 0 Å². The van der Waals surface area contributed by atoms with Gasteiger partial charge in [-0.25, -0.2) is 0 Å². The Balaban J connectivity index is 1.34. The number of carbonyl (C=O) groups is 1. The van der Waals surface area contributed by atoms with Gasteiger partial charge in [0.05, 0.1) is 0 Å². The molecule has 0 aromatic heterocycles. The Hall–Kier alpha value is -2.49. The highest BCUT2D eigenvalue weighted by molar-refractivity contribution is 5.77. The Morgan fingerprint density at radius 1 is 1.00 bits per heavy atom. The van der Waals surface area contributed by atoms with Crippen LogP contribution in [0.2, 0.25) is 0 Å². The van der Waals surface area contributed by atoms with Gasteiger partial charge in [0.25, 0.3) is 5.91 Å². The number of anilines is 1. The maximum atomic E-state index is 11.9. The van der Waals surface area contributed by atoms with Gasteiger partial charge in [-0.1, -0.05) is 43.2 Å². The predicted octanol–water partition coefficient (Wildman–Crippen LogP) is 4.50. The van der Waals surface area contributed by atoms with Crippen LogP contribution < -0.4 is 15.0 Å². The minimum Gasteiger partial charge on any atom is -0.484 e. The fourth-order valence-electron chi connectivity index (χ4n) is 3.64. The number of rotatable bonds is 8. The number of nitrogens with zero attached hydrogens (tertiary/aromatic N) is 1. The highest BCUT2D eigenvalue weighted by atomic mass is 16.5. The van der Waals surface area contributed by atoms with Crippen LogP contribution in [0.3, 0.4) is 0 Å². The van der Waals surface area contributed by atoms with E-state index in [0.29, 0.717) is 6.54 Å². The molecule has 1 N–H and O–H groups in total. The van der Waals surface area contributed by atoms with Crippen LogP contribution in [0.15, 0.2) is 48.5 Å². The van der Waals surface area contributed by atoms with Crippen molar-refractivity contribution in [2.75, 3.05) is 31.1 Å². The van der Waals surface area contributed by atoms with Crippen LogP contribution in [0.4, 0.5) is 5.69 Å². The molecule has 4 heteroatoms. The van der Waals surface area contributed by atoms with Crippen LogP contribution in [-0.4, -0.2) is 32.1 Å². The molecular formula is C24H32N2O2. The summed E-state index contributed by atoms with van der Waals surface area (Å²) in [6.45, 7) is 5.07. The molecule has 0 aliphatic carbocycles. The van der Waals surface area contributed by atoms with Crippen LogP contribution in [-0.2, 0) is 11.2 Å². The minimum atomic E-state index is -0.0697. The van der Waals surface area contributed by atoms with E-state index < -0.39 is 0 Å². The first kappa shape index (κ1) is 20.2. The molecule has 28 heavy (non-hydrogen) atoms. The molecule has 1 fully saturated rings. The smallest absolute Gasteiger partial charge is 0.257 e. The van der Waals surface area contributed by atoms with Crippen LogP contribution in [0, 0.1) is 6.92 Å². The molecule has 1 heterocycles. The molecule has 2 aromatic carbocycles. The number of hydrogen-bond acceptors (Lipinski definition) is 3. The van der Waals surface area contributed by atoms with E-state index in [4.69, 9.17) is 4.74 Å². The summed E-state index contributed by atoms with van der Waals surface area (Å²) in [6.07, 6.45) is 7.22. The lowest BCUT2D eigenvalue weighted by Crippen LogP contribution is -2.30. The number of para-hydroxylation sites is 1. The van der Waals surface area contributed by atoms with E-state index >= 15 is 0 Å². The predicted molar refractivity (Wildman–Crippen MR) is 115 cm³/mol. The monoisotopic (exact) mass is 380 g/mol. The molecule has 1 saturated heterocycles. The molecule has 1 amide bonds. The largest absolute Gasteiger partial charge is 0.484 e. The van der Waals surface area contributed by atoms with Crippen molar-refractivity contribution in [3.63, 3.8) is 0 Å². The van der Waals surface area contributed by atoms with Gasteiger partial charge in [-0.2, -0.15) is 0 Å². The van der Waals surface area contributed by atoms with E-state index in [-0.39, 0.29) is 12.5 Å². The summed E-state index contributed by atoms with van der Waals surface area (Å²) < 4.78 is 5.58. The van der Waals surface area contributed by atoms with Crippen LogP contribution >= 0.6 is 0 Å². The summed E-state index contributed by atoms with van der Waals surface area (Å²) >= 11 is 0. The van der Waals surface area contributed by atoms with Gasteiger partial charge in [-0.15, -0.1) is 0 Å². The van der Waals surface area contributed by atoms with Crippen molar-refractivity contribution in [1.82, 2.24) is 5.32 Å². The van der Waals surface area contributed by atoms with E-state index in [2.05, 4.69) is 34.5 Å². The van der Waals surface area contributed by atoms with Crippen molar-refractivity contribution in [1.29, 1.82) is 0 Å². The van der Waals surface area contributed by atoms with Gasteiger partial charge in [-0.05, 0) is 61.9 Å². The van der Waals surface area contributed by atoms with Gasteiger partial charge in [-0.3, -0.25) is 4.79 Å². The third-order valence-corrected chi connectivity index (χ3v) is 5.32. The summed E-state index contributed by atoms with van der Waals surface area (Å²) in [6, 6.07) is 16.7. The Kier molecular flexibility index (Phi) is 7.77. The summed E-state index contributed by atoms with van der Waals surface area (Å²) in [5, 5.41) is 2.94.